The molecular weight excluding hydrogens is 292 g/mol. The fourth-order valence-electron chi connectivity index (χ4n) is 1.99. The fraction of sp³-hybridized carbons (Fsp3) is 0.533. The Morgan fingerprint density at radius 2 is 2.24 bits per heavy atom. The van der Waals surface area contributed by atoms with Crippen molar-refractivity contribution < 1.29 is 14.3 Å². The second kappa shape index (κ2) is 7.52. The third kappa shape index (κ3) is 4.79. The summed E-state index contributed by atoms with van der Waals surface area (Å²) >= 11 is 6.19. The molecule has 1 aliphatic carbocycles. The van der Waals surface area contributed by atoms with Crippen LogP contribution in [0.15, 0.2) is 12.1 Å². The number of carbonyl (C=O) groups excluding carboxylic acids is 1. The monoisotopic (exact) mass is 312 g/mol. The zero-order chi connectivity index (χ0) is 15.2. The average molecular weight is 313 g/mol. The highest BCUT2D eigenvalue weighted by Crippen LogP contribution is 2.36. The summed E-state index contributed by atoms with van der Waals surface area (Å²) in [7, 11) is 1.54. The topological polar surface area (TPSA) is 73.6 Å². The van der Waals surface area contributed by atoms with Crippen LogP contribution in [0.1, 0.15) is 18.4 Å². The SMILES string of the molecule is COc1cc(CCN)cc(Cl)c1OCC(=O)NCC1CC1. The predicted octanol–water partition coefficient (Wildman–Crippen LogP) is 1.75. The fourth-order valence-corrected chi connectivity index (χ4v) is 2.28. The van der Waals surface area contributed by atoms with Crippen LogP contribution in [0.2, 0.25) is 5.02 Å². The Hall–Kier alpha value is -1.46. The van der Waals surface area contributed by atoms with E-state index in [0.717, 1.165) is 12.1 Å². The highest BCUT2D eigenvalue weighted by molar-refractivity contribution is 6.32. The van der Waals surface area contributed by atoms with Crippen molar-refractivity contribution >= 4 is 17.5 Å². The summed E-state index contributed by atoms with van der Waals surface area (Å²) in [6, 6.07) is 3.62. The summed E-state index contributed by atoms with van der Waals surface area (Å²) < 4.78 is 10.8. The number of halogens is 1. The van der Waals surface area contributed by atoms with Gasteiger partial charge in [-0.1, -0.05) is 11.6 Å². The maximum absolute atomic E-state index is 11.7. The van der Waals surface area contributed by atoms with Gasteiger partial charge in [0.25, 0.3) is 5.91 Å². The van der Waals surface area contributed by atoms with Gasteiger partial charge in [0, 0.05) is 6.54 Å². The van der Waals surface area contributed by atoms with Crippen molar-refractivity contribution in [2.75, 3.05) is 26.8 Å². The maximum Gasteiger partial charge on any atom is 0.257 e. The van der Waals surface area contributed by atoms with E-state index in [9.17, 15) is 4.79 Å². The molecule has 1 saturated carbocycles. The number of hydrogen-bond donors (Lipinski definition) is 2. The average Bonchev–Trinajstić information content (AvgIpc) is 3.28. The van der Waals surface area contributed by atoms with E-state index in [0.29, 0.717) is 35.4 Å². The van der Waals surface area contributed by atoms with Crippen LogP contribution in [0, 0.1) is 5.92 Å². The first kappa shape index (κ1) is 15.9. The van der Waals surface area contributed by atoms with Crippen LogP contribution in [0.5, 0.6) is 11.5 Å². The molecule has 0 atom stereocenters. The third-order valence-electron chi connectivity index (χ3n) is 3.35. The minimum absolute atomic E-state index is 0.0704. The van der Waals surface area contributed by atoms with E-state index in [1.807, 2.05) is 6.07 Å². The smallest absolute Gasteiger partial charge is 0.257 e. The molecule has 0 aliphatic heterocycles. The molecule has 0 saturated heterocycles. The van der Waals surface area contributed by atoms with Crippen LogP contribution in [-0.4, -0.2) is 32.7 Å². The van der Waals surface area contributed by atoms with Crippen LogP contribution < -0.4 is 20.5 Å². The molecule has 2 rings (SSSR count). The van der Waals surface area contributed by atoms with Gasteiger partial charge in [-0.2, -0.15) is 0 Å². The molecule has 6 heteroatoms. The number of ether oxygens (including phenoxy) is 2. The number of benzene rings is 1. The van der Waals surface area contributed by atoms with Crippen LogP contribution in [0.4, 0.5) is 0 Å². The Balaban J connectivity index is 1.95. The van der Waals surface area contributed by atoms with Gasteiger partial charge in [0.15, 0.2) is 18.1 Å². The molecule has 1 aliphatic rings. The predicted molar refractivity (Wildman–Crippen MR) is 82.0 cm³/mol. The van der Waals surface area contributed by atoms with Crippen molar-refractivity contribution in [1.29, 1.82) is 0 Å². The molecule has 0 spiro atoms. The molecule has 0 aromatic heterocycles. The summed E-state index contributed by atoms with van der Waals surface area (Å²) in [6.07, 6.45) is 3.10. The van der Waals surface area contributed by atoms with E-state index in [1.54, 1.807) is 6.07 Å². The van der Waals surface area contributed by atoms with Gasteiger partial charge >= 0.3 is 0 Å². The number of nitrogens with one attached hydrogen (secondary N) is 1. The first-order valence-corrected chi connectivity index (χ1v) is 7.47. The molecule has 1 amide bonds. The maximum atomic E-state index is 11.7. The van der Waals surface area contributed by atoms with E-state index in [1.165, 1.54) is 20.0 Å². The summed E-state index contributed by atoms with van der Waals surface area (Å²) in [5, 5.41) is 3.26. The van der Waals surface area contributed by atoms with Crippen molar-refractivity contribution in [3.05, 3.63) is 22.7 Å². The molecule has 0 heterocycles. The molecule has 5 nitrogen and oxygen atoms in total. The van der Waals surface area contributed by atoms with Gasteiger partial charge in [-0.05, 0) is 49.4 Å². The number of hydrogen-bond acceptors (Lipinski definition) is 4. The van der Waals surface area contributed by atoms with Crippen molar-refractivity contribution in [2.45, 2.75) is 19.3 Å². The number of amides is 1. The first-order chi connectivity index (χ1) is 10.1. The van der Waals surface area contributed by atoms with Crippen LogP contribution in [-0.2, 0) is 11.2 Å². The first-order valence-electron chi connectivity index (χ1n) is 7.10. The zero-order valence-electron chi connectivity index (χ0n) is 12.2. The normalized spacial score (nSPS) is 13.9. The Morgan fingerprint density at radius 1 is 1.48 bits per heavy atom. The molecule has 3 N–H and O–H groups in total. The molecule has 0 radical (unpaired) electrons. The van der Waals surface area contributed by atoms with E-state index in [2.05, 4.69) is 5.32 Å². The van der Waals surface area contributed by atoms with Gasteiger partial charge in [-0.25, -0.2) is 0 Å². The van der Waals surface area contributed by atoms with E-state index in [-0.39, 0.29) is 12.5 Å². The molecule has 116 valence electrons. The molecule has 1 aromatic rings. The van der Waals surface area contributed by atoms with Gasteiger partial charge in [0.2, 0.25) is 0 Å². The zero-order valence-corrected chi connectivity index (χ0v) is 12.9. The summed E-state index contributed by atoms with van der Waals surface area (Å²) in [4.78, 5) is 11.7. The summed E-state index contributed by atoms with van der Waals surface area (Å²) in [5.74, 6) is 1.40. The van der Waals surface area contributed by atoms with Crippen LogP contribution in [0.25, 0.3) is 0 Å². The highest BCUT2D eigenvalue weighted by atomic mass is 35.5. The van der Waals surface area contributed by atoms with E-state index in [4.69, 9.17) is 26.8 Å². The molecule has 0 bridgehead atoms. The van der Waals surface area contributed by atoms with Gasteiger partial charge in [0.1, 0.15) is 0 Å². The lowest BCUT2D eigenvalue weighted by atomic mass is 10.1. The second-order valence-corrected chi connectivity index (χ2v) is 5.59. The van der Waals surface area contributed by atoms with E-state index >= 15 is 0 Å². The number of methoxy groups -OCH3 is 1. The highest BCUT2D eigenvalue weighted by Gasteiger charge is 2.22. The summed E-state index contributed by atoms with van der Waals surface area (Å²) in [6.45, 7) is 1.19. The molecule has 1 aromatic carbocycles. The lowest BCUT2D eigenvalue weighted by molar-refractivity contribution is -0.123. The van der Waals surface area contributed by atoms with Gasteiger partial charge in [-0.3, -0.25) is 4.79 Å². The molecule has 0 unspecified atom stereocenters. The largest absolute Gasteiger partial charge is 0.493 e. The Labute approximate surface area is 129 Å². The standard InChI is InChI=1S/C15H21ClN2O3/c1-20-13-7-11(4-5-17)6-12(16)15(13)21-9-14(19)18-8-10-2-3-10/h6-7,10H,2-5,8-9,17H2,1H3,(H,18,19). The van der Waals surface area contributed by atoms with Crippen molar-refractivity contribution in [3.63, 3.8) is 0 Å². The molecule has 21 heavy (non-hydrogen) atoms. The lowest BCUT2D eigenvalue weighted by Crippen LogP contribution is -2.30. The quantitative estimate of drug-likeness (QED) is 0.767. The Morgan fingerprint density at radius 3 is 2.86 bits per heavy atom. The number of nitrogens with two attached hydrogens (primary N) is 1. The molecular formula is C15H21ClN2O3. The third-order valence-corrected chi connectivity index (χ3v) is 3.64. The van der Waals surface area contributed by atoms with Crippen molar-refractivity contribution in [2.24, 2.45) is 11.7 Å². The number of carbonyl (C=O) groups is 1. The van der Waals surface area contributed by atoms with Crippen LogP contribution in [0.3, 0.4) is 0 Å². The van der Waals surface area contributed by atoms with Crippen LogP contribution >= 0.6 is 11.6 Å². The number of rotatable bonds is 8. The Bertz CT molecular complexity index is 504. The minimum atomic E-state index is -0.147. The van der Waals surface area contributed by atoms with Crippen molar-refractivity contribution in [3.8, 4) is 11.5 Å². The van der Waals surface area contributed by atoms with E-state index < -0.39 is 0 Å². The van der Waals surface area contributed by atoms with Gasteiger partial charge in [-0.15, -0.1) is 0 Å². The minimum Gasteiger partial charge on any atom is -0.493 e. The van der Waals surface area contributed by atoms with Gasteiger partial charge in [0.05, 0.1) is 12.1 Å². The Kier molecular flexibility index (Phi) is 5.70. The second-order valence-electron chi connectivity index (χ2n) is 5.18. The van der Waals surface area contributed by atoms with Crippen molar-refractivity contribution in [1.82, 2.24) is 5.32 Å². The lowest BCUT2D eigenvalue weighted by Gasteiger charge is -2.14. The molecule has 1 fully saturated rings. The summed E-state index contributed by atoms with van der Waals surface area (Å²) in [5.41, 5.74) is 6.51. The van der Waals surface area contributed by atoms with Gasteiger partial charge < -0.3 is 20.5 Å².